The number of carbonyl (C=O) groups excluding carboxylic acids is 2. The molecule has 0 saturated carbocycles. The van der Waals surface area contributed by atoms with E-state index in [4.69, 9.17) is 9.47 Å². The average molecular weight is 512 g/mol. The Morgan fingerprint density at radius 1 is 1.06 bits per heavy atom. The van der Waals surface area contributed by atoms with Crippen LogP contribution in [0.15, 0.2) is 58.3 Å². The third-order valence-electron chi connectivity index (χ3n) is 5.60. The molecule has 4 aromatic rings. The zero-order chi connectivity index (χ0) is 26.0. The standard InChI is InChI=1S/C25H22FN3O6S/c1-14-22(31)28(12-16-6-9-18(24(32)35-3)19(10-16)34-2)25(33)29-13-20(36-23(14)29)21(30)27-11-15-4-7-17(26)8-5-15/h4-10,13H,11-12H2,1-3H3,(H,27,30). The monoisotopic (exact) mass is 511 g/mol. The molecule has 0 unspecified atom stereocenters. The number of benzene rings is 2. The lowest BCUT2D eigenvalue weighted by Gasteiger charge is -2.11. The van der Waals surface area contributed by atoms with E-state index in [1.165, 1.54) is 43.0 Å². The summed E-state index contributed by atoms with van der Waals surface area (Å²) in [4.78, 5) is 51.4. The van der Waals surface area contributed by atoms with Crippen molar-refractivity contribution < 1.29 is 23.5 Å². The number of aromatic nitrogens is 2. The van der Waals surface area contributed by atoms with Gasteiger partial charge in [0.25, 0.3) is 11.5 Å². The first-order valence-corrected chi connectivity index (χ1v) is 11.6. The van der Waals surface area contributed by atoms with Crippen molar-refractivity contribution in [2.75, 3.05) is 14.2 Å². The summed E-state index contributed by atoms with van der Waals surface area (Å²) < 4.78 is 25.4. The summed E-state index contributed by atoms with van der Waals surface area (Å²) in [5.41, 5.74) is 0.712. The van der Waals surface area contributed by atoms with Gasteiger partial charge in [0.2, 0.25) is 0 Å². The summed E-state index contributed by atoms with van der Waals surface area (Å²) in [6.07, 6.45) is 1.40. The van der Waals surface area contributed by atoms with Crippen molar-refractivity contribution in [1.29, 1.82) is 0 Å². The molecule has 2 aromatic carbocycles. The van der Waals surface area contributed by atoms with Crippen molar-refractivity contribution in [3.63, 3.8) is 0 Å². The number of ether oxygens (including phenoxy) is 2. The fourth-order valence-electron chi connectivity index (χ4n) is 3.68. The van der Waals surface area contributed by atoms with Crippen LogP contribution in [0.25, 0.3) is 4.83 Å². The van der Waals surface area contributed by atoms with Gasteiger partial charge in [0, 0.05) is 18.3 Å². The summed E-state index contributed by atoms with van der Waals surface area (Å²) in [6.45, 7) is 1.70. The Bertz CT molecular complexity index is 1590. The number of aryl methyl sites for hydroxylation is 1. The van der Waals surface area contributed by atoms with E-state index in [9.17, 15) is 23.6 Å². The fraction of sp³-hybridized carbons (Fsp3) is 0.200. The second kappa shape index (κ2) is 10.2. The van der Waals surface area contributed by atoms with Crippen molar-refractivity contribution in [3.05, 3.63) is 102 Å². The first kappa shape index (κ1) is 24.9. The molecule has 9 nitrogen and oxygen atoms in total. The largest absolute Gasteiger partial charge is 0.496 e. The number of nitrogens with one attached hydrogen (secondary N) is 1. The van der Waals surface area contributed by atoms with Gasteiger partial charge in [0.05, 0.1) is 20.8 Å². The molecule has 0 aliphatic carbocycles. The number of methoxy groups -OCH3 is 2. The number of fused-ring (bicyclic) bond motifs is 1. The second-order valence-corrected chi connectivity index (χ2v) is 8.94. The van der Waals surface area contributed by atoms with Crippen LogP contribution >= 0.6 is 11.3 Å². The Kier molecular flexibility index (Phi) is 7.02. The molecule has 0 aliphatic heterocycles. The minimum atomic E-state index is -0.606. The van der Waals surface area contributed by atoms with Crippen LogP contribution in [0.5, 0.6) is 5.75 Å². The number of esters is 1. The zero-order valence-electron chi connectivity index (χ0n) is 19.7. The molecule has 0 bridgehead atoms. The number of amides is 1. The third-order valence-corrected chi connectivity index (χ3v) is 6.80. The lowest BCUT2D eigenvalue weighted by molar-refractivity contribution is 0.0597. The van der Waals surface area contributed by atoms with Crippen LogP contribution < -0.4 is 21.3 Å². The van der Waals surface area contributed by atoms with Gasteiger partial charge in [-0.25, -0.2) is 14.0 Å². The lowest BCUT2D eigenvalue weighted by atomic mass is 10.1. The SMILES string of the molecule is COC(=O)c1ccc(Cn2c(=O)c(C)c3sc(C(=O)NCc4ccc(F)cc4)cn3c2=O)cc1OC. The van der Waals surface area contributed by atoms with E-state index in [2.05, 4.69) is 5.32 Å². The van der Waals surface area contributed by atoms with Crippen LogP contribution in [0.4, 0.5) is 4.39 Å². The van der Waals surface area contributed by atoms with E-state index >= 15 is 0 Å². The predicted molar refractivity (Wildman–Crippen MR) is 132 cm³/mol. The summed E-state index contributed by atoms with van der Waals surface area (Å²) in [5.74, 6) is -1.12. The number of hydrogen-bond donors (Lipinski definition) is 1. The van der Waals surface area contributed by atoms with Crippen molar-refractivity contribution in [2.24, 2.45) is 0 Å². The normalized spacial score (nSPS) is 10.9. The molecular weight excluding hydrogens is 489 g/mol. The van der Waals surface area contributed by atoms with Crippen LogP contribution in [-0.2, 0) is 17.8 Å². The summed E-state index contributed by atoms with van der Waals surface area (Å²) >= 11 is 1.03. The number of nitrogens with zero attached hydrogens (tertiary/aromatic N) is 2. The van der Waals surface area contributed by atoms with Gasteiger partial charge in [0.15, 0.2) is 0 Å². The minimum Gasteiger partial charge on any atom is -0.496 e. The van der Waals surface area contributed by atoms with E-state index < -0.39 is 23.1 Å². The van der Waals surface area contributed by atoms with E-state index in [0.717, 1.165) is 15.9 Å². The van der Waals surface area contributed by atoms with Crippen LogP contribution in [0, 0.1) is 12.7 Å². The molecule has 0 spiro atoms. The molecule has 0 radical (unpaired) electrons. The van der Waals surface area contributed by atoms with Gasteiger partial charge < -0.3 is 14.8 Å². The highest BCUT2D eigenvalue weighted by molar-refractivity contribution is 7.19. The van der Waals surface area contributed by atoms with Crippen LogP contribution in [0.2, 0.25) is 0 Å². The lowest BCUT2D eigenvalue weighted by Crippen LogP contribution is -2.38. The van der Waals surface area contributed by atoms with E-state index in [-0.39, 0.29) is 35.1 Å². The highest BCUT2D eigenvalue weighted by atomic mass is 32.1. The maximum absolute atomic E-state index is 13.2. The van der Waals surface area contributed by atoms with Crippen molar-refractivity contribution in [2.45, 2.75) is 20.0 Å². The molecule has 36 heavy (non-hydrogen) atoms. The van der Waals surface area contributed by atoms with E-state index in [1.54, 1.807) is 31.2 Å². The molecular formula is C25H22FN3O6S. The zero-order valence-corrected chi connectivity index (χ0v) is 20.5. The van der Waals surface area contributed by atoms with Gasteiger partial charge in [-0.05, 0) is 42.3 Å². The molecule has 2 aromatic heterocycles. The molecule has 11 heteroatoms. The number of halogens is 1. The Morgan fingerprint density at radius 2 is 1.75 bits per heavy atom. The molecule has 4 rings (SSSR count). The van der Waals surface area contributed by atoms with Crippen molar-refractivity contribution in [1.82, 2.24) is 14.3 Å². The molecule has 2 heterocycles. The maximum atomic E-state index is 13.2. The van der Waals surface area contributed by atoms with Gasteiger partial charge in [0.1, 0.15) is 26.8 Å². The Labute approximate surface area is 208 Å². The van der Waals surface area contributed by atoms with Gasteiger partial charge >= 0.3 is 11.7 Å². The highest BCUT2D eigenvalue weighted by Gasteiger charge is 2.19. The van der Waals surface area contributed by atoms with Crippen molar-refractivity contribution in [3.8, 4) is 5.75 Å². The van der Waals surface area contributed by atoms with E-state index in [1.807, 2.05) is 0 Å². The number of thiazole rings is 1. The Morgan fingerprint density at radius 3 is 2.42 bits per heavy atom. The number of rotatable bonds is 7. The Balaban J connectivity index is 1.64. The van der Waals surface area contributed by atoms with Crippen molar-refractivity contribution >= 4 is 28.0 Å². The Hall–Kier alpha value is -4.25. The molecule has 0 atom stereocenters. The quantitative estimate of drug-likeness (QED) is 0.383. The molecule has 1 N–H and O–H groups in total. The van der Waals surface area contributed by atoms with Gasteiger partial charge in [-0.15, -0.1) is 11.3 Å². The maximum Gasteiger partial charge on any atom is 0.341 e. The third kappa shape index (κ3) is 4.78. The smallest absolute Gasteiger partial charge is 0.341 e. The molecule has 186 valence electrons. The van der Waals surface area contributed by atoms with Gasteiger partial charge in [-0.1, -0.05) is 18.2 Å². The summed E-state index contributed by atoms with van der Waals surface area (Å²) in [7, 11) is 2.66. The predicted octanol–water partition coefficient (Wildman–Crippen LogP) is 2.74. The second-order valence-electron chi connectivity index (χ2n) is 7.90. The number of hydrogen-bond acceptors (Lipinski definition) is 7. The molecule has 0 fully saturated rings. The topological polar surface area (TPSA) is 108 Å². The highest BCUT2D eigenvalue weighted by Crippen LogP contribution is 2.22. The molecule has 1 amide bonds. The summed E-state index contributed by atoms with van der Waals surface area (Å²) in [6, 6.07) is 10.4. The fourth-order valence-corrected chi connectivity index (χ4v) is 4.68. The average Bonchev–Trinajstić information content (AvgIpc) is 3.35. The first-order chi connectivity index (χ1) is 17.2. The molecule has 0 saturated heterocycles. The molecule has 0 aliphatic rings. The first-order valence-electron chi connectivity index (χ1n) is 10.8. The van der Waals surface area contributed by atoms with Gasteiger partial charge in [-0.3, -0.25) is 18.6 Å². The van der Waals surface area contributed by atoms with E-state index in [0.29, 0.717) is 21.5 Å². The van der Waals surface area contributed by atoms with Crippen LogP contribution in [0.1, 0.15) is 36.7 Å². The van der Waals surface area contributed by atoms with Crippen LogP contribution in [-0.4, -0.2) is 35.1 Å². The van der Waals surface area contributed by atoms with Gasteiger partial charge in [-0.2, -0.15) is 0 Å². The minimum absolute atomic E-state index is 0.0683. The number of carbonyl (C=O) groups is 2. The van der Waals surface area contributed by atoms with Crippen LogP contribution in [0.3, 0.4) is 0 Å². The summed E-state index contributed by atoms with van der Waals surface area (Å²) in [5, 5.41) is 2.73.